The third kappa shape index (κ3) is 3.27. The number of hydrogen-bond acceptors (Lipinski definition) is 3. The molecular weight excluding hydrogens is 416 g/mol. The smallest absolute Gasteiger partial charge is 0.318 e. The summed E-state index contributed by atoms with van der Waals surface area (Å²) in [7, 11) is 0. The van der Waals surface area contributed by atoms with Crippen molar-refractivity contribution in [2.24, 2.45) is 0 Å². The van der Waals surface area contributed by atoms with E-state index in [0.29, 0.717) is 10.6 Å². The number of rotatable bonds is 3. The molecule has 1 aromatic heterocycles. The number of halogens is 1. The van der Waals surface area contributed by atoms with Crippen LogP contribution in [0.25, 0.3) is 11.1 Å². The van der Waals surface area contributed by atoms with Gasteiger partial charge in [-0.25, -0.2) is 9.78 Å². The Morgan fingerprint density at radius 1 is 1.04 bits per heavy atom. The van der Waals surface area contributed by atoms with E-state index in [1.807, 2.05) is 11.0 Å². The van der Waals surface area contributed by atoms with Crippen molar-refractivity contribution in [3.8, 4) is 11.1 Å². The molecule has 2 aliphatic rings. The average Bonchev–Trinajstić information content (AvgIpc) is 3.44. The third-order valence-electron chi connectivity index (χ3n) is 5.79. The molecule has 0 spiro atoms. The fourth-order valence-corrected chi connectivity index (χ4v) is 4.76. The molecule has 5 nitrogen and oxygen atoms in total. The lowest BCUT2D eigenvalue weighted by atomic mass is 10.0. The first-order valence-electron chi connectivity index (χ1n) is 9.56. The zero-order chi connectivity index (χ0) is 19.1. The SMILES string of the molecule is O=C(N1C[C@@H]2CC1CN2Cc1cccc(-c2ccccc2)c1)n1cnc(Br)c1. The predicted molar refractivity (Wildman–Crippen MR) is 112 cm³/mol. The molecule has 0 radical (unpaired) electrons. The van der Waals surface area contributed by atoms with E-state index in [-0.39, 0.29) is 12.1 Å². The van der Waals surface area contributed by atoms with Crippen molar-refractivity contribution in [1.82, 2.24) is 19.4 Å². The maximum atomic E-state index is 12.7. The molecule has 2 atom stereocenters. The summed E-state index contributed by atoms with van der Waals surface area (Å²) in [6.45, 7) is 2.65. The summed E-state index contributed by atoms with van der Waals surface area (Å²) in [5, 5.41) is 0. The highest BCUT2D eigenvalue weighted by Crippen LogP contribution is 2.33. The van der Waals surface area contributed by atoms with Crippen LogP contribution in [0.1, 0.15) is 12.0 Å². The molecule has 0 saturated carbocycles. The predicted octanol–water partition coefficient (Wildman–Crippen LogP) is 4.24. The van der Waals surface area contributed by atoms with Crippen LogP contribution >= 0.6 is 15.9 Å². The quantitative estimate of drug-likeness (QED) is 0.616. The molecular formula is C22H21BrN4O. The molecule has 5 rings (SSSR count). The van der Waals surface area contributed by atoms with Gasteiger partial charge in [0.25, 0.3) is 0 Å². The van der Waals surface area contributed by atoms with Gasteiger partial charge in [-0.15, -0.1) is 0 Å². The maximum Gasteiger partial charge on any atom is 0.329 e. The number of benzene rings is 2. The summed E-state index contributed by atoms with van der Waals surface area (Å²) in [5.74, 6) is 0. The molecule has 2 saturated heterocycles. The highest BCUT2D eigenvalue weighted by molar-refractivity contribution is 9.10. The molecule has 28 heavy (non-hydrogen) atoms. The number of carbonyl (C=O) groups excluding carboxylic acids is 1. The van der Waals surface area contributed by atoms with Gasteiger partial charge < -0.3 is 4.90 Å². The van der Waals surface area contributed by atoms with Crippen molar-refractivity contribution in [2.45, 2.75) is 25.0 Å². The molecule has 0 N–H and O–H groups in total. The van der Waals surface area contributed by atoms with Crippen molar-refractivity contribution in [3.63, 3.8) is 0 Å². The largest absolute Gasteiger partial charge is 0.329 e. The van der Waals surface area contributed by atoms with Crippen LogP contribution in [-0.4, -0.2) is 50.6 Å². The summed E-state index contributed by atoms with van der Waals surface area (Å²) >= 11 is 3.31. The van der Waals surface area contributed by atoms with E-state index in [2.05, 4.69) is 74.3 Å². The van der Waals surface area contributed by atoms with Crippen LogP contribution in [0.2, 0.25) is 0 Å². The van der Waals surface area contributed by atoms with Gasteiger partial charge in [0.1, 0.15) is 10.9 Å². The van der Waals surface area contributed by atoms with Gasteiger partial charge in [0.05, 0.1) is 0 Å². The lowest BCUT2D eigenvalue weighted by Crippen LogP contribution is -2.49. The minimum Gasteiger partial charge on any atom is -0.318 e. The second-order valence-corrected chi connectivity index (χ2v) is 8.39. The second-order valence-electron chi connectivity index (χ2n) is 7.58. The van der Waals surface area contributed by atoms with Crippen LogP contribution in [-0.2, 0) is 6.54 Å². The minimum absolute atomic E-state index is 0.0245. The number of hydrogen-bond donors (Lipinski definition) is 0. The molecule has 1 amide bonds. The molecule has 6 heteroatoms. The number of likely N-dealkylation sites (tertiary alicyclic amines) is 2. The van der Waals surface area contributed by atoms with Crippen LogP contribution in [0.3, 0.4) is 0 Å². The average molecular weight is 437 g/mol. The summed E-state index contributed by atoms with van der Waals surface area (Å²) in [5.41, 5.74) is 3.82. The first-order chi connectivity index (χ1) is 13.7. The molecule has 3 aromatic rings. The van der Waals surface area contributed by atoms with Gasteiger partial charge in [-0.1, -0.05) is 48.5 Å². The Morgan fingerprint density at radius 3 is 2.57 bits per heavy atom. The lowest BCUT2D eigenvalue weighted by molar-refractivity contribution is 0.133. The van der Waals surface area contributed by atoms with Gasteiger partial charge in [0.2, 0.25) is 0 Å². The van der Waals surface area contributed by atoms with Gasteiger partial charge in [0.15, 0.2) is 0 Å². The Kier molecular flexibility index (Phi) is 4.53. The molecule has 2 aromatic carbocycles. The van der Waals surface area contributed by atoms with Gasteiger partial charge in [-0.2, -0.15) is 0 Å². The standard InChI is InChI=1S/C22H21BrN4O/c23-21-14-26(15-24-21)22(28)27-13-19-10-20(27)12-25(19)11-16-5-4-8-18(9-16)17-6-2-1-3-7-17/h1-9,14-15,19-20H,10-13H2/t19-,20?/m0/s1. The first-order valence-corrected chi connectivity index (χ1v) is 10.4. The fraction of sp³-hybridized carbons (Fsp3) is 0.273. The number of aromatic nitrogens is 2. The normalized spacial score (nSPS) is 21.4. The number of amides is 1. The van der Waals surface area contributed by atoms with Gasteiger partial charge in [-0.3, -0.25) is 9.47 Å². The summed E-state index contributed by atoms with van der Waals surface area (Å²) in [4.78, 5) is 21.3. The highest BCUT2D eigenvalue weighted by Gasteiger charge is 2.45. The Balaban J connectivity index is 1.27. The molecule has 2 fully saturated rings. The monoisotopic (exact) mass is 436 g/mol. The second kappa shape index (κ2) is 7.18. The molecule has 2 aliphatic heterocycles. The summed E-state index contributed by atoms with van der Waals surface area (Å²) in [6.07, 6.45) is 4.35. The van der Waals surface area contributed by atoms with Crippen molar-refractivity contribution < 1.29 is 4.79 Å². The third-order valence-corrected chi connectivity index (χ3v) is 6.20. The van der Waals surface area contributed by atoms with Crippen molar-refractivity contribution in [3.05, 3.63) is 77.3 Å². The van der Waals surface area contributed by atoms with E-state index in [1.165, 1.54) is 16.7 Å². The number of carbonyl (C=O) groups is 1. The molecule has 1 unspecified atom stereocenters. The topological polar surface area (TPSA) is 41.4 Å². The highest BCUT2D eigenvalue weighted by atomic mass is 79.9. The van der Waals surface area contributed by atoms with Crippen LogP contribution in [0.15, 0.2) is 71.7 Å². The van der Waals surface area contributed by atoms with Crippen LogP contribution < -0.4 is 0 Å². The molecule has 2 bridgehead atoms. The number of imidazole rings is 1. The summed E-state index contributed by atoms with van der Waals surface area (Å²) in [6, 6.07) is 20.0. The summed E-state index contributed by atoms with van der Waals surface area (Å²) < 4.78 is 2.25. The van der Waals surface area contributed by atoms with Gasteiger partial charge in [-0.05, 0) is 45.1 Å². The number of fused-ring (bicyclic) bond motifs is 2. The van der Waals surface area contributed by atoms with E-state index in [1.54, 1.807) is 17.1 Å². The Bertz CT molecular complexity index is 1000. The van der Waals surface area contributed by atoms with E-state index in [9.17, 15) is 4.79 Å². The Morgan fingerprint density at radius 2 is 1.86 bits per heavy atom. The van der Waals surface area contributed by atoms with Crippen molar-refractivity contribution >= 4 is 22.0 Å². The van der Waals surface area contributed by atoms with Crippen molar-refractivity contribution in [1.29, 1.82) is 0 Å². The van der Waals surface area contributed by atoms with Crippen LogP contribution in [0, 0.1) is 0 Å². The zero-order valence-corrected chi connectivity index (χ0v) is 17.0. The van der Waals surface area contributed by atoms with E-state index in [0.717, 1.165) is 26.1 Å². The van der Waals surface area contributed by atoms with Crippen LogP contribution in [0.5, 0.6) is 0 Å². The fourth-order valence-electron chi connectivity index (χ4n) is 4.44. The first kappa shape index (κ1) is 17.6. The molecule has 0 aliphatic carbocycles. The number of nitrogens with zero attached hydrogens (tertiary/aromatic N) is 4. The van der Waals surface area contributed by atoms with E-state index < -0.39 is 0 Å². The van der Waals surface area contributed by atoms with Gasteiger partial charge in [0, 0.05) is 37.9 Å². The van der Waals surface area contributed by atoms with Crippen molar-refractivity contribution in [2.75, 3.05) is 13.1 Å². The Labute approximate surface area is 172 Å². The Hall–Kier alpha value is -2.44. The lowest BCUT2D eigenvalue weighted by Gasteiger charge is -2.34. The minimum atomic E-state index is 0.0245. The zero-order valence-electron chi connectivity index (χ0n) is 15.4. The van der Waals surface area contributed by atoms with E-state index in [4.69, 9.17) is 0 Å². The number of piperazine rings is 1. The maximum absolute atomic E-state index is 12.7. The molecule has 3 heterocycles. The molecule has 142 valence electrons. The van der Waals surface area contributed by atoms with Crippen LogP contribution in [0.4, 0.5) is 4.79 Å². The van der Waals surface area contributed by atoms with Gasteiger partial charge >= 0.3 is 6.03 Å². The van der Waals surface area contributed by atoms with E-state index >= 15 is 0 Å².